The molecule has 0 bridgehead atoms. The molecule has 19 heavy (non-hydrogen) atoms. The number of nitriles is 1. The summed E-state index contributed by atoms with van der Waals surface area (Å²) in [7, 11) is 0. The van der Waals surface area contributed by atoms with Crippen molar-refractivity contribution in [1.82, 2.24) is 0 Å². The zero-order chi connectivity index (χ0) is 13.8. The Bertz CT molecular complexity index is 644. The van der Waals surface area contributed by atoms with Crippen molar-refractivity contribution in [3.8, 4) is 6.07 Å². The van der Waals surface area contributed by atoms with Gasteiger partial charge >= 0.3 is 0 Å². The van der Waals surface area contributed by atoms with E-state index < -0.39 is 0 Å². The van der Waals surface area contributed by atoms with Crippen LogP contribution in [0.5, 0.6) is 0 Å². The molecular weight excluding hydrogens is 257 g/mol. The van der Waals surface area contributed by atoms with Crippen LogP contribution in [-0.2, 0) is 5.75 Å². The molecule has 0 radical (unpaired) electrons. The van der Waals surface area contributed by atoms with E-state index in [1.165, 1.54) is 28.2 Å². The van der Waals surface area contributed by atoms with Gasteiger partial charge in [0.05, 0.1) is 11.6 Å². The molecule has 0 spiro atoms. The van der Waals surface area contributed by atoms with Gasteiger partial charge in [0, 0.05) is 10.6 Å². The predicted molar refractivity (Wildman–Crippen MR) is 76.6 cm³/mol. The maximum absolute atomic E-state index is 13.3. The Morgan fingerprint density at radius 3 is 2.63 bits per heavy atom. The molecule has 0 aromatic heterocycles. The first-order valence-corrected chi connectivity index (χ1v) is 6.96. The molecule has 96 valence electrons. The van der Waals surface area contributed by atoms with Crippen molar-refractivity contribution >= 4 is 11.8 Å². The van der Waals surface area contributed by atoms with Gasteiger partial charge in [-0.3, -0.25) is 0 Å². The van der Waals surface area contributed by atoms with Crippen LogP contribution in [0.15, 0.2) is 41.3 Å². The molecule has 1 nitrogen and oxygen atoms in total. The lowest BCUT2D eigenvalue weighted by molar-refractivity contribution is 0.626. The van der Waals surface area contributed by atoms with Crippen LogP contribution >= 0.6 is 11.8 Å². The van der Waals surface area contributed by atoms with Crippen molar-refractivity contribution < 1.29 is 4.39 Å². The summed E-state index contributed by atoms with van der Waals surface area (Å²) in [6.45, 7) is 4.13. The van der Waals surface area contributed by atoms with Crippen molar-refractivity contribution in [3.63, 3.8) is 0 Å². The molecule has 2 aromatic carbocycles. The van der Waals surface area contributed by atoms with Crippen LogP contribution in [-0.4, -0.2) is 0 Å². The zero-order valence-corrected chi connectivity index (χ0v) is 11.7. The Morgan fingerprint density at radius 1 is 1.16 bits per heavy atom. The van der Waals surface area contributed by atoms with Crippen LogP contribution in [0.4, 0.5) is 4.39 Å². The maximum Gasteiger partial charge on any atom is 0.124 e. The van der Waals surface area contributed by atoms with Crippen LogP contribution in [0.2, 0.25) is 0 Å². The van der Waals surface area contributed by atoms with Gasteiger partial charge in [-0.25, -0.2) is 4.39 Å². The number of aryl methyl sites for hydroxylation is 2. The SMILES string of the molecule is Cc1ccc(SCc2cc(F)cc(C#N)c2)c(C)c1. The Labute approximate surface area is 117 Å². The lowest BCUT2D eigenvalue weighted by Crippen LogP contribution is -1.88. The largest absolute Gasteiger partial charge is 0.207 e. The highest BCUT2D eigenvalue weighted by Gasteiger charge is 2.04. The lowest BCUT2D eigenvalue weighted by atomic mass is 10.1. The third-order valence-electron chi connectivity index (χ3n) is 2.81. The van der Waals surface area contributed by atoms with Crippen molar-refractivity contribution in [2.24, 2.45) is 0 Å². The molecular formula is C16H14FNS. The van der Waals surface area contributed by atoms with Gasteiger partial charge in [-0.1, -0.05) is 17.7 Å². The highest BCUT2D eigenvalue weighted by atomic mass is 32.2. The normalized spacial score (nSPS) is 10.2. The monoisotopic (exact) mass is 271 g/mol. The Hall–Kier alpha value is -1.79. The lowest BCUT2D eigenvalue weighted by Gasteiger charge is -2.07. The summed E-state index contributed by atoms with van der Waals surface area (Å²) in [6, 6.07) is 12.7. The Balaban J connectivity index is 2.14. The molecule has 0 amide bonds. The Morgan fingerprint density at radius 2 is 1.95 bits per heavy atom. The van der Waals surface area contributed by atoms with Gasteiger partial charge in [0.2, 0.25) is 0 Å². The average Bonchev–Trinajstić information content (AvgIpc) is 2.37. The maximum atomic E-state index is 13.3. The first-order chi connectivity index (χ1) is 9.08. The second-order valence-electron chi connectivity index (χ2n) is 4.52. The van der Waals surface area contributed by atoms with Crippen LogP contribution in [0.3, 0.4) is 0 Å². The van der Waals surface area contributed by atoms with E-state index >= 15 is 0 Å². The molecule has 0 N–H and O–H groups in total. The number of hydrogen-bond donors (Lipinski definition) is 0. The summed E-state index contributed by atoms with van der Waals surface area (Å²) in [5.74, 6) is 0.311. The first kappa shape index (κ1) is 13.6. The number of benzene rings is 2. The topological polar surface area (TPSA) is 23.8 Å². The molecule has 0 aliphatic carbocycles. The molecule has 0 aliphatic rings. The average molecular weight is 271 g/mol. The fourth-order valence-corrected chi connectivity index (χ4v) is 2.86. The molecule has 2 rings (SSSR count). The van der Waals surface area contributed by atoms with Crippen LogP contribution < -0.4 is 0 Å². The van der Waals surface area contributed by atoms with E-state index in [2.05, 4.69) is 32.0 Å². The molecule has 0 aliphatic heterocycles. The van der Waals surface area contributed by atoms with E-state index in [9.17, 15) is 4.39 Å². The minimum Gasteiger partial charge on any atom is -0.207 e. The quantitative estimate of drug-likeness (QED) is 0.761. The molecule has 0 saturated carbocycles. The first-order valence-electron chi connectivity index (χ1n) is 5.98. The summed E-state index contributed by atoms with van der Waals surface area (Å²) < 4.78 is 13.3. The van der Waals surface area contributed by atoms with Crippen LogP contribution in [0.1, 0.15) is 22.3 Å². The van der Waals surface area contributed by atoms with Crippen LogP contribution in [0, 0.1) is 31.0 Å². The standard InChI is InChI=1S/C16H14FNS/c1-11-3-4-16(12(2)5-11)19-10-14-6-13(9-18)7-15(17)8-14/h3-8H,10H2,1-2H3. The zero-order valence-electron chi connectivity index (χ0n) is 10.9. The van der Waals surface area contributed by atoms with Gasteiger partial charge in [-0.2, -0.15) is 5.26 Å². The molecule has 2 aromatic rings. The molecule has 3 heteroatoms. The minimum absolute atomic E-state index is 0.352. The van der Waals surface area contributed by atoms with Gasteiger partial charge in [0.25, 0.3) is 0 Å². The summed E-state index contributed by atoms with van der Waals surface area (Å²) in [4.78, 5) is 1.19. The van der Waals surface area contributed by atoms with Crippen LogP contribution in [0.25, 0.3) is 0 Å². The van der Waals surface area contributed by atoms with E-state index in [0.717, 1.165) is 5.56 Å². The number of rotatable bonds is 3. The van der Waals surface area contributed by atoms with Gasteiger partial charge in [-0.15, -0.1) is 11.8 Å². The van der Waals surface area contributed by atoms with Crippen molar-refractivity contribution in [1.29, 1.82) is 5.26 Å². The van der Waals surface area contributed by atoms with Gasteiger partial charge < -0.3 is 0 Å². The molecule has 0 atom stereocenters. The Kier molecular flexibility index (Phi) is 4.24. The second-order valence-corrected chi connectivity index (χ2v) is 5.53. The number of nitrogens with zero attached hydrogens (tertiary/aromatic N) is 1. The number of halogens is 1. The molecule has 0 heterocycles. The summed E-state index contributed by atoms with van der Waals surface area (Å²) >= 11 is 1.66. The highest BCUT2D eigenvalue weighted by molar-refractivity contribution is 7.98. The highest BCUT2D eigenvalue weighted by Crippen LogP contribution is 2.27. The number of thioether (sulfide) groups is 1. The molecule has 0 saturated heterocycles. The van der Waals surface area contributed by atoms with E-state index in [-0.39, 0.29) is 5.82 Å². The second kappa shape index (κ2) is 5.90. The fourth-order valence-electron chi connectivity index (χ4n) is 1.92. The third-order valence-corrected chi connectivity index (χ3v) is 4.06. The van der Waals surface area contributed by atoms with Crippen molar-refractivity contribution in [3.05, 3.63) is 64.5 Å². The smallest absolute Gasteiger partial charge is 0.124 e. The van der Waals surface area contributed by atoms with E-state index in [0.29, 0.717) is 11.3 Å². The van der Waals surface area contributed by atoms with E-state index in [4.69, 9.17) is 5.26 Å². The van der Waals surface area contributed by atoms with Crippen molar-refractivity contribution in [2.45, 2.75) is 24.5 Å². The van der Waals surface area contributed by atoms with Gasteiger partial charge in [0.1, 0.15) is 5.82 Å². The van der Waals surface area contributed by atoms with E-state index in [1.807, 2.05) is 6.07 Å². The minimum atomic E-state index is -0.352. The van der Waals surface area contributed by atoms with Crippen molar-refractivity contribution in [2.75, 3.05) is 0 Å². The van der Waals surface area contributed by atoms with Gasteiger partial charge in [-0.05, 0) is 49.2 Å². The summed E-state index contributed by atoms with van der Waals surface area (Å²) in [6.07, 6.45) is 0. The molecule has 0 fully saturated rings. The number of hydrogen-bond acceptors (Lipinski definition) is 2. The predicted octanol–water partition coefficient (Wildman–Crippen LogP) is 4.61. The van der Waals surface area contributed by atoms with Gasteiger partial charge in [0.15, 0.2) is 0 Å². The summed E-state index contributed by atoms with van der Waals surface area (Å²) in [5, 5.41) is 8.82. The van der Waals surface area contributed by atoms with E-state index in [1.54, 1.807) is 17.8 Å². The fraction of sp³-hybridized carbons (Fsp3) is 0.188. The third kappa shape index (κ3) is 3.59. The molecule has 0 unspecified atom stereocenters. The summed E-state index contributed by atoms with van der Waals surface area (Å²) in [5.41, 5.74) is 3.67.